The van der Waals surface area contributed by atoms with Crippen molar-refractivity contribution >= 4 is 41.4 Å². The maximum absolute atomic E-state index is 10.8. The monoisotopic (exact) mass is 412 g/mol. The van der Waals surface area contributed by atoms with Crippen LogP contribution in [0.25, 0.3) is 0 Å². The quantitative estimate of drug-likeness (QED) is 0.286. The first-order valence-corrected chi connectivity index (χ1v) is 12.2. The molecule has 0 heterocycles. The third-order valence-electron chi connectivity index (χ3n) is 3.76. The van der Waals surface area contributed by atoms with Gasteiger partial charge in [0.25, 0.3) is 0 Å². The Morgan fingerprint density at radius 3 is 1.54 bits per heavy atom. The summed E-state index contributed by atoms with van der Waals surface area (Å²) in [5, 5.41) is 2.55. The Morgan fingerprint density at radius 2 is 1.18 bits per heavy atom. The van der Waals surface area contributed by atoms with Crippen LogP contribution in [0.3, 0.4) is 0 Å². The molecule has 0 aliphatic carbocycles. The van der Waals surface area contributed by atoms with Crippen molar-refractivity contribution in [3.8, 4) is 0 Å². The highest BCUT2D eigenvalue weighted by molar-refractivity contribution is 6.56. The van der Waals surface area contributed by atoms with Crippen LogP contribution in [0.1, 0.15) is 13.8 Å². The van der Waals surface area contributed by atoms with Gasteiger partial charge in [-0.25, -0.2) is 0 Å². The van der Waals surface area contributed by atoms with Crippen molar-refractivity contribution in [3.05, 3.63) is 86.0 Å². The van der Waals surface area contributed by atoms with E-state index in [9.17, 15) is 9.59 Å². The zero-order valence-corrected chi connectivity index (χ0v) is 19.4. The molecule has 148 valence electrons. The molecule has 2 rings (SSSR count). The summed E-state index contributed by atoms with van der Waals surface area (Å²) in [4.78, 5) is 21.7. The predicted octanol–water partition coefficient (Wildman–Crippen LogP) is 1.53. The summed E-state index contributed by atoms with van der Waals surface area (Å²) in [6.45, 7) is 10.2. The van der Waals surface area contributed by atoms with Crippen molar-refractivity contribution in [2.75, 3.05) is 0 Å². The number of rotatable bonds is 8. The molecule has 0 aromatic heterocycles. The molecule has 0 aliphatic heterocycles. The Bertz CT molecular complexity index is 724. The molecule has 0 saturated carbocycles. The lowest BCUT2D eigenvalue weighted by atomic mass is 10.4. The van der Waals surface area contributed by atoms with Gasteiger partial charge < -0.3 is 9.47 Å². The molecule has 0 atom stereocenters. The van der Waals surface area contributed by atoms with E-state index < -0.39 is 27.4 Å². The summed E-state index contributed by atoms with van der Waals surface area (Å²) in [5.41, 5.74) is 0.535. The van der Waals surface area contributed by atoms with Crippen LogP contribution in [0.5, 0.6) is 0 Å². The maximum atomic E-state index is 10.8. The minimum absolute atomic E-state index is 0.234. The van der Waals surface area contributed by atoms with Gasteiger partial charge in [-0.1, -0.05) is 83.2 Å². The Labute approximate surface area is 171 Å². The number of benzene rings is 2. The van der Waals surface area contributed by atoms with Gasteiger partial charge in [-0.3, -0.25) is 9.59 Å². The molecule has 0 bridgehead atoms. The van der Waals surface area contributed by atoms with Crippen molar-refractivity contribution < 1.29 is 19.1 Å². The largest absolute Gasteiger partial charge is 0.430 e. The second kappa shape index (κ2) is 13.5. The van der Waals surface area contributed by atoms with Crippen LogP contribution in [0.4, 0.5) is 0 Å². The van der Waals surface area contributed by atoms with Gasteiger partial charge in [0.15, 0.2) is 9.52 Å². The third kappa shape index (κ3) is 10.4. The van der Waals surface area contributed by atoms with E-state index in [-0.39, 0.29) is 9.52 Å². The van der Waals surface area contributed by atoms with Crippen LogP contribution in [0.2, 0.25) is 5.54 Å². The SMILES string of the molecule is C=CC(C=C)[SiH2]c1ccccc1.CC(=O)OC(OC(C)=O)[SiH2]c1ccccc1. The van der Waals surface area contributed by atoms with Crippen LogP contribution < -0.4 is 10.4 Å². The number of hydrogen-bond donors (Lipinski definition) is 0. The van der Waals surface area contributed by atoms with E-state index in [0.29, 0.717) is 5.54 Å². The van der Waals surface area contributed by atoms with Crippen molar-refractivity contribution in [2.24, 2.45) is 0 Å². The lowest BCUT2D eigenvalue weighted by Gasteiger charge is -2.16. The Kier molecular flexibility index (Phi) is 11.2. The predicted molar refractivity (Wildman–Crippen MR) is 121 cm³/mol. The molecule has 28 heavy (non-hydrogen) atoms. The minimum Gasteiger partial charge on any atom is -0.430 e. The first-order chi connectivity index (χ1) is 13.4. The van der Waals surface area contributed by atoms with Crippen molar-refractivity contribution in [3.63, 3.8) is 0 Å². The van der Waals surface area contributed by atoms with Gasteiger partial charge in [0.1, 0.15) is 0 Å². The van der Waals surface area contributed by atoms with E-state index in [1.165, 1.54) is 19.0 Å². The van der Waals surface area contributed by atoms with E-state index in [0.717, 1.165) is 5.19 Å². The van der Waals surface area contributed by atoms with E-state index in [2.05, 4.69) is 43.5 Å². The van der Waals surface area contributed by atoms with Crippen LogP contribution in [0.15, 0.2) is 86.0 Å². The van der Waals surface area contributed by atoms with Gasteiger partial charge in [-0.05, 0) is 5.54 Å². The molecule has 0 radical (unpaired) electrons. The Hall–Kier alpha value is -2.71. The van der Waals surface area contributed by atoms with Crippen LogP contribution >= 0.6 is 0 Å². The smallest absolute Gasteiger partial charge is 0.305 e. The van der Waals surface area contributed by atoms with Crippen molar-refractivity contribution in [2.45, 2.75) is 25.3 Å². The highest BCUT2D eigenvalue weighted by atomic mass is 28.2. The summed E-state index contributed by atoms with van der Waals surface area (Å²) in [6, 6.07) is 20.2. The average Bonchev–Trinajstić information content (AvgIpc) is 2.67. The number of carbonyl (C=O) groups excluding carboxylic acids is 2. The second-order valence-corrected chi connectivity index (χ2v) is 10.2. The standard InChI is InChI=1S/C11H14O4Si.C11H14Si/c1-8(12)14-11(15-9(2)13)16-10-6-4-3-5-7-10;1-3-10(4-2)12-11-8-6-5-7-9-11/h3-7,11H,16H2,1-2H3;3-10H,1-2,12H2. The van der Waals surface area contributed by atoms with E-state index in [1.807, 2.05) is 42.5 Å². The lowest BCUT2D eigenvalue weighted by molar-refractivity contribution is -0.171. The van der Waals surface area contributed by atoms with Crippen LogP contribution in [0, 0.1) is 0 Å². The number of allylic oxidation sites excluding steroid dienone is 2. The molecule has 4 nitrogen and oxygen atoms in total. The summed E-state index contributed by atoms with van der Waals surface area (Å²) in [7, 11) is -1.20. The highest BCUT2D eigenvalue weighted by Gasteiger charge is 2.16. The topological polar surface area (TPSA) is 52.6 Å². The molecule has 0 saturated heterocycles. The van der Waals surface area contributed by atoms with Gasteiger partial charge in [0.05, 0.1) is 9.52 Å². The second-order valence-electron chi connectivity index (χ2n) is 6.16. The van der Waals surface area contributed by atoms with E-state index in [4.69, 9.17) is 9.47 Å². The van der Waals surface area contributed by atoms with E-state index in [1.54, 1.807) is 0 Å². The van der Waals surface area contributed by atoms with Gasteiger partial charge in [-0.2, -0.15) is 0 Å². The summed E-state index contributed by atoms with van der Waals surface area (Å²) in [5.74, 6) is -1.58. The first kappa shape index (κ1) is 23.3. The molecule has 2 aromatic carbocycles. The fourth-order valence-corrected chi connectivity index (χ4v) is 5.42. The Morgan fingerprint density at radius 1 is 0.786 bits per heavy atom. The molecule has 0 N–H and O–H groups in total. The van der Waals surface area contributed by atoms with Gasteiger partial charge in [0.2, 0.25) is 5.91 Å². The fourth-order valence-electron chi connectivity index (χ4n) is 2.43. The van der Waals surface area contributed by atoms with E-state index >= 15 is 0 Å². The first-order valence-electron chi connectivity index (χ1n) is 9.12. The lowest BCUT2D eigenvalue weighted by Crippen LogP contribution is -2.35. The maximum Gasteiger partial charge on any atom is 0.305 e. The average molecular weight is 413 g/mol. The van der Waals surface area contributed by atoms with Crippen LogP contribution in [-0.2, 0) is 19.1 Å². The van der Waals surface area contributed by atoms with Gasteiger partial charge in [0, 0.05) is 13.8 Å². The van der Waals surface area contributed by atoms with Gasteiger partial charge in [-0.15, -0.1) is 13.2 Å². The molecule has 0 aliphatic rings. The number of carbonyl (C=O) groups is 2. The summed E-state index contributed by atoms with van der Waals surface area (Å²) < 4.78 is 9.89. The molecule has 6 heteroatoms. The van der Waals surface area contributed by atoms with Crippen molar-refractivity contribution in [1.82, 2.24) is 0 Å². The highest BCUT2D eigenvalue weighted by Crippen LogP contribution is 2.03. The molecular formula is C22H28O4Si2. The summed E-state index contributed by atoms with van der Waals surface area (Å²) >= 11 is 0. The van der Waals surface area contributed by atoms with Crippen LogP contribution in [-0.4, -0.2) is 36.9 Å². The number of hydrogen-bond acceptors (Lipinski definition) is 4. The fraction of sp³-hybridized carbons (Fsp3) is 0.182. The zero-order valence-electron chi connectivity index (χ0n) is 16.5. The van der Waals surface area contributed by atoms with Gasteiger partial charge >= 0.3 is 11.9 Å². The minimum atomic E-state index is -0.969. The Balaban J connectivity index is 0.000000292. The molecule has 0 spiro atoms. The third-order valence-corrected chi connectivity index (χ3v) is 7.45. The molecule has 2 aromatic rings. The molecule has 0 unspecified atom stereocenters. The number of esters is 2. The zero-order chi connectivity index (χ0) is 20.8. The number of ether oxygens (including phenoxy) is 2. The molecular weight excluding hydrogens is 384 g/mol. The normalized spacial score (nSPS) is 10.7. The molecule has 0 amide bonds. The van der Waals surface area contributed by atoms with Crippen molar-refractivity contribution in [1.29, 1.82) is 0 Å². The summed E-state index contributed by atoms with van der Waals surface area (Å²) in [6.07, 6.45) is 3.98. The molecule has 0 fully saturated rings.